The highest BCUT2D eigenvalue weighted by atomic mass is 16.5. The fourth-order valence-corrected chi connectivity index (χ4v) is 1.81. The summed E-state index contributed by atoms with van der Waals surface area (Å²) in [5.41, 5.74) is 1.61. The number of phenols is 1. The number of aromatic nitrogens is 3. The molecule has 0 saturated heterocycles. The predicted octanol–water partition coefficient (Wildman–Crippen LogP) is 2.11. The molecule has 0 saturated carbocycles. The second-order valence-corrected chi connectivity index (χ2v) is 3.87. The number of benzene rings is 1. The number of phenolic OH excluding ortho intramolecular Hbond substituents is 1. The Morgan fingerprint density at radius 3 is 2.61 bits per heavy atom. The summed E-state index contributed by atoms with van der Waals surface area (Å²) in [6, 6.07) is 10.5. The Morgan fingerprint density at radius 2 is 1.89 bits per heavy atom. The molecule has 0 atom stereocenters. The van der Waals surface area contributed by atoms with Crippen molar-refractivity contribution in [2.45, 2.75) is 0 Å². The Balaban J connectivity index is 2.15. The van der Waals surface area contributed by atoms with Crippen molar-refractivity contribution in [2.24, 2.45) is 0 Å². The molecule has 5 nitrogen and oxygen atoms in total. The molecule has 0 fully saturated rings. The largest absolute Gasteiger partial charge is 0.508 e. The fraction of sp³-hybridized carbons (Fsp3) is 0.0769. The highest BCUT2D eigenvalue weighted by Crippen LogP contribution is 2.22. The van der Waals surface area contributed by atoms with Gasteiger partial charge in [-0.1, -0.05) is 0 Å². The monoisotopic (exact) mass is 241 g/mol. The van der Waals surface area contributed by atoms with E-state index < -0.39 is 0 Å². The lowest BCUT2D eigenvalue weighted by Gasteiger charge is -2.02. The van der Waals surface area contributed by atoms with Gasteiger partial charge in [0.25, 0.3) is 0 Å². The first-order valence-corrected chi connectivity index (χ1v) is 5.46. The molecule has 1 N–H and O–H groups in total. The van der Waals surface area contributed by atoms with E-state index >= 15 is 0 Å². The van der Waals surface area contributed by atoms with Crippen molar-refractivity contribution < 1.29 is 9.84 Å². The summed E-state index contributed by atoms with van der Waals surface area (Å²) in [5, 5.41) is 17.5. The van der Waals surface area contributed by atoms with Gasteiger partial charge in [0.1, 0.15) is 11.5 Å². The zero-order chi connectivity index (χ0) is 12.5. The van der Waals surface area contributed by atoms with E-state index in [1.54, 1.807) is 31.4 Å². The van der Waals surface area contributed by atoms with Crippen LogP contribution in [0.1, 0.15) is 0 Å². The van der Waals surface area contributed by atoms with Crippen LogP contribution in [0.2, 0.25) is 0 Å². The average molecular weight is 241 g/mol. The van der Waals surface area contributed by atoms with Gasteiger partial charge in [0.05, 0.1) is 7.11 Å². The molecule has 0 amide bonds. The number of ether oxygens (including phenoxy) is 1. The van der Waals surface area contributed by atoms with E-state index in [2.05, 4.69) is 10.2 Å². The number of aromatic hydroxyl groups is 1. The van der Waals surface area contributed by atoms with Gasteiger partial charge in [-0.3, -0.25) is 4.40 Å². The van der Waals surface area contributed by atoms with Crippen molar-refractivity contribution in [3.05, 3.63) is 42.6 Å². The van der Waals surface area contributed by atoms with Gasteiger partial charge in [-0.05, 0) is 30.3 Å². The number of methoxy groups -OCH3 is 1. The smallest absolute Gasteiger partial charge is 0.168 e. The van der Waals surface area contributed by atoms with Crippen LogP contribution >= 0.6 is 0 Å². The number of pyridine rings is 1. The molecule has 0 aliphatic carbocycles. The van der Waals surface area contributed by atoms with Crippen LogP contribution < -0.4 is 4.74 Å². The zero-order valence-corrected chi connectivity index (χ0v) is 9.74. The van der Waals surface area contributed by atoms with Crippen molar-refractivity contribution in [3.8, 4) is 22.9 Å². The van der Waals surface area contributed by atoms with Gasteiger partial charge in [0.2, 0.25) is 0 Å². The van der Waals surface area contributed by atoms with Crippen molar-refractivity contribution in [2.75, 3.05) is 7.11 Å². The maximum atomic E-state index is 9.28. The molecule has 3 aromatic rings. The van der Waals surface area contributed by atoms with E-state index in [0.29, 0.717) is 0 Å². The van der Waals surface area contributed by atoms with Gasteiger partial charge >= 0.3 is 0 Å². The van der Waals surface area contributed by atoms with Crippen LogP contribution in [0.4, 0.5) is 0 Å². The molecular formula is C13H11N3O2. The molecule has 18 heavy (non-hydrogen) atoms. The third-order valence-corrected chi connectivity index (χ3v) is 2.74. The minimum Gasteiger partial charge on any atom is -0.508 e. The number of rotatable bonds is 2. The van der Waals surface area contributed by atoms with Gasteiger partial charge in [0, 0.05) is 17.8 Å². The molecule has 5 heteroatoms. The highest BCUT2D eigenvalue weighted by Gasteiger charge is 2.08. The first-order valence-electron chi connectivity index (χ1n) is 5.46. The van der Waals surface area contributed by atoms with E-state index in [1.807, 2.05) is 22.7 Å². The third kappa shape index (κ3) is 1.66. The summed E-state index contributed by atoms with van der Waals surface area (Å²) in [5.74, 6) is 1.70. The molecule has 2 aromatic heterocycles. The summed E-state index contributed by atoms with van der Waals surface area (Å²) in [6.07, 6.45) is 1.86. The quantitative estimate of drug-likeness (QED) is 0.746. The molecule has 0 radical (unpaired) electrons. The van der Waals surface area contributed by atoms with Crippen LogP contribution in [0.15, 0.2) is 42.6 Å². The van der Waals surface area contributed by atoms with Crippen LogP contribution in [0.5, 0.6) is 11.5 Å². The van der Waals surface area contributed by atoms with Crippen LogP contribution in [0.3, 0.4) is 0 Å². The zero-order valence-electron chi connectivity index (χ0n) is 9.74. The molecule has 0 aliphatic heterocycles. The van der Waals surface area contributed by atoms with Crippen molar-refractivity contribution >= 4 is 5.65 Å². The molecular weight excluding hydrogens is 230 g/mol. The van der Waals surface area contributed by atoms with Gasteiger partial charge in [0.15, 0.2) is 11.5 Å². The second-order valence-electron chi connectivity index (χ2n) is 3.87. The second kappa shape index (κ2) is 4.03. The summed E-state index contributed by atoms with van der Waals surface area (Å²) in [4.78, 5) is 0. The van der Waals surface area contributed by atoms with Gasteiger partial charge in [-0.15, -0.1) is 10.2 Å². The standard InChI is InChI=1S/C13H11N3O2/c1-18-11-6-7-16-12(8-11)14-15-13(16)9-2-4-10(17)5-3-9/h2-8,17H,1H3. The Hall–Kier alpha value is -2.56. The first kappa shape index (κ1) is 10.6. The SMILES string of the molecule is COc1ccn2c(-c3ccc(O)cc3)nnc2c1. The third-order valence-electron chi connectivity index (χ3n) is 2.74. The molecule has 1 aromatic carbocycles. The number of hydrogen-bond donors (Lipinski definition) is 1. The summed E-state index contributed by atoms with van der Waals surface area (Å²) >= 11 is 0. The predicted molar refractivity (Wildman–Crippen MR) is 66.6 cm³/mol. The van der Waals surface area contributed by atoms with Gasteiger partial charge in [-0.2, -0.15) is 0 Å². The van der Waals surface area contributed by atoms with E-state index in [0.717, 1.165) is 22.8 Å². The number of fused-ring (bicyclic) bond motifs is 1. The van der Waals surface area contributed by atoms with E-state index in [1.165, 1.54) is 0 Å². The van der Waals surface area contributed by atoms with E-state index in [-0.39, 0.29) is 5.75 Å². The Labute approximate surface area is 103 Å². The summed E-state index contributed by atoms with van der Waals surface area (Å²) in [7, 11) is 1.61. The lowest BCUT2D eigenvalue weighted by atomic mass is 10.2. The van der Waals surface area contributed by atoms with Crippen molar-refractivity contribution in [1.82, 2.24) is 14.6 Å². The van der Waals surface area contributed by atoms with E-state index in [9.17, 15) is 5.11 Å². The molecule has 2 heterocycles. The molecule has 90 valence electrons. The fourth-order valence-electron chi connectivity index (χ4n) is 1.81. The van der Waals surface area contributed by atoms with Crippen molar-refractivity contribution in [1.29, 1.82) is 0 Å². The maximum Gasteiger partial charge on any atom is 0.168 e. The number of hydrogen-bond acceptors (Lipinski definition) is 4. The molecule has 0 unspecified atom stereocenters. The minimum atomic E-state index is 0.231. The topological polar surface area (TPSA) is 59.7 Å². The Bertz CT molecular complexity index is 689. The van der Waals surface area contributed by atoms with Gasteiger partial charge < -0.3 is 9.84 Å². The van der Waals surface area contributed by atoms with Gasteiger partial charge in [-0.25, -0.2) is 0 Å². The van der Waals surface area contributed by atoms with E-state index in [4.69, 9.17) is 4.74 Å². The molecule has 3 rings (SSSR count). The first-order chi connectivity index (χ1) is 8.78. The van der Waals surface area contributed by atoms with Crippen LogP contribution in [-0.4, -0.2) is 26.8 Å². The Kier molecular flexibility index (Phi) is 2.37. The molecule has 0 spiro atoms. The molecule has 0 bridgehead atoms. The van der Waals surface area contributed by atoms with Crippen LogP contribution in [0, 0.1) is 0 Å². The summed E-state index contributed by atoms with van der Waals surface area (Å²) < 4.78 is 7.01. The lowest BCUT2D eigenvalue weighted by molar-refractivity contribution is 0.414. The van der Waals surface area contributed by atoms with Crippen molar-refractivity contribution in [3.63, 3.8) is 0 Å². The lowest BCUT2D eigenvalue weighted by Crippen LogP contribution is -1.90. The summed E-state index contributed by atoms with van der Waals surface area (Å²) in [6.45, 7) is 0. The van der Waals surface area contributed by atoms with Crippen LogP contribution in [0.25, 0.3) is 17.0 Å². The Morgan fingerprint density at radius 1 is 1.11 bits per heavy atom. The average Bonchev–Trinajstić information content (AvgIpc) is 2.82. The number of nitrogens with zero attached hydrogens (tertiary/aromatic N) is 3. The van der Waals surface area contributed by atoms with Crippen LogP contribution in [-0.2, 0) is 0 Å². The molecule has 0 aliphatic rings. The highest BCUT2D eigenvalue weighted by molar-refractivity contribution is 5.61. The minimum absolute atomic E-state index is 0.231. The maximum absolute atomic E-state index is 9.28. The normalized spacial score (nSPS) is 10.7.